The molecule has 1 aromatic heterocycles. The molecule has 0 aliphatic carbocycles. The lowest BCUT2D eigenvalue weighted by atomic mass is 10.1. The molecule has 0 spiro atoms. The molecular weight excluding hydrogens is 236 g/mol. The fourth-order valence-electron chi connectivity index (χ4n) is 1.24. The van der Waals surface area contributed by atoms with Gasteiger partial charge in [0.2, 0.25) is 0 Å². The molecular formula is C11H20N4OS. The van der Waals surface area contributed by atoms with Crippen molar-refractivity contribution in [2.75, 3.05) is 30.0 Å². The Morgan fingerprint density at radius 2 is 2.00 bits per heavy atom. The molecule has 0 atom stereocenters. The zero-order valence-corrected chi connectivity index (χ0v) is 11.6. The van der Waals surface area contributed by atoms with Gasteiger partial charge in [0.1, 0.15) is 11.6 Å². The van der Waals surface area contributed by atoms with E-state index in [0.29, 0.717) is 5.16 Å². The van der Waals surface area contributed by atoms with Gasteiger partial charge in [0, 0.05) is 12.6 Å². The zero-order valence-electron chi connectivity index (χ0n) is 10.7. The number of aliphatic hydroxyl groups excluding tert-OH is 1. The summed E-state index contributed by atoms with van der Waals surface area (Å²) in [6.07, 6.45) is 1.94. The van der Waals surface area contributed by atoms with Crippen molar-refractivity contribution in [1.82, 2.24) is 9.97 Å². The second kappa shape index (κ2) is 6.07. The first-order chi connectivity index (χ1) is 8.00. The normalized spacial score (nSPS) is 11.4. The molecule has 0 bridgehead atoms. The fraction of sp³-hybridized carbons (Fsp3) is 0.636. The molecule has 96 valence electrons. The van der Waals surface area contributed by atoms with Crippen molar-refractivity contribution in [2.45, 2.75) is 31.5 Å². The first kappa shape index (κ1) is 14.1. The number of nitrogens with zero attached hydrogens (tertiary/aromatic N) is 2. The van der Waals surface area contributed by atoms with Crippen LogP contribution in [0, 0.1) is 0 Å². The molecule has 0 aromatic carbocycles. The molecule has 0 amide bonds. The van der Waals surface area contributed by atoms with Gasteiger partial charge in [-0.25, -0.2) is 9.97 Å². The lowest BCUT2D eigenvalue weighted by Gasteiger charge is -2.24. The molecule has 0 saturated carbocycles. The maximum absolute atomic E-state index is 9.23. The number of rotatable bonds is 6. The third kappa shape index (κ3) is 4.40. The highest BCUT2D eigenvalue weighted by molar-refractivity contribution is 7.98. The van der Waals surface area contributed by atoms with Crippen molar-refractivity contribution in [3.8, 4) is 0 Å². The van der Waals surface area contributed by atoms with E-state index in [4.69, 9.17) is 0 Å². The van der Waals surface area contributed by atoms with Crippen molar-refractivity contribution in [1.29, 1.82) is 0 Å². The number of thioether (sulfide) groups is 1. The second-order valence-electron chi connectivity index (χ2n) is 4.32. The van der Waals surface area contributed by atoms with Crippen LogP contribution in [0.5, 0.6) is 0 Å². The van der Waals surface area contributed by atoms with Gasteiger partial charge in [0.25, 0.3) is 0 Å². The molecule has 5 nitrogen and oxygen atoms in total. The summed E-state index contributed by atoms with van der Waals surface area (Å²) in [6.45, 7) is 6.71. The van der Waals surface area contributed by atoms with E-state index in [9.17, 15) is 5.11 Å². The Bertz CT molecular complexity index is 370. The third-order valence-corrected chi connectivity index (χ3v) is 2.66. The molecule has 0 fully saturated rings. The molecule has 3 N–H and O–H groups in total. The Balaban J connectivity index is 2.94. The Hall–Kier alpha value is -1.01. The van der Waals surface area contributed by atoms with Crippen molar-refractivity contribution >= 4 is 23.4 Å². The van der Waals surface area contributed by atoms with E-state index in [0.717, 1.165) is 18.2 Å². The lowest BCUT2D eigenvalue weighted by molar-refractivity contribution is 0.234. The van der Waals surface area contributed by atoms with Gasteiger partial charge in [0.05, 0.1) is 12.1 Å². The van der Waals surface area contributed by atoms with Gasteiger partial charge in [-0.2, -0.15) is 0 Å². The van der Waals surface area contributed by atoms with E-state index < -0.39 is 5.54 Å². The summed E-state index contributed by atoms with van der Waals surface area (Å²) in [4.78, 5) is 8.69. The summed E-state index contributed by atoms with van der Waals surface area (Å²) in [7, 11) is 0. The van der Waals surface area contributed by atoms with Crippen LogP contribution in [-0.4, -0.2) is 40.0 Å². The molecule has 0 aliphatic rings. The minimum atomic E-state index is -0.395. The van der Waals surface area contributed by atoms with Crippen molar-refractivity contribution in [3.05, 3.63) is 6.07 Å². The summed E-state index contributed by atoms with van der Waals surface area (Å²) in [5.41, 5.74) is -0.395. The standard InChI is InChI=1S/C11H20N4OS/c1-5-12-8-6-9(14-10(13-8)17-4)15-11(2,3)7-16/h6,16H,5,7H2,1-4H3,(H2,12,13,14,15). The van der Waals surface area contributed by atoms with Crippen LogP contribution >= 0.6 is 11.8 Å². The van der Waals surface area contributed by atoms with Gasteiger partial charge < -0.3 is 15.7 Å². The van der Waals surface area contributed by atoms with E-state index in [1.807, 2.05) is 33.1 Å². The second-order valence-corrected chi connectivity index (χ2v) is 5.10. The van der Waals surface area contributed by atoms with E-state index >= 15 is 0 Å². The maximum Gasteiger partial charge on any atom is 0.191 e. The Labute approximate surface area is 106 Å². The largest absolute Gasteiger partial charge is 0.394 e. The van der Waals surface area contributed by atoms with Crippen molar-refractivity contribution in [3.63, 3.8) is 0 Å². The Morgan fingerprint density at radius 1 is 1.35 bits per heavy atom. The molecule has 0 unspecified atom stereocenters. The predicted octanol–water partition coefficient (Wildman–Crippen LogP) is 1.81. The molecule has 6 heteroatoms. The first-order valence-corrected chi connectivity index (χ1v) is 6.79. The smallest absolute Gasteiger partial charge is 0.191 e. The topological polar surface area (TPSA) is 70.1 Å². The molecule has 0 aliphatic heterocycles. The van der Waals surface area contributed by atoms with Crippen LogP contribution in [0.3, 0.4) is 0 Å². The van der Waals surface area contributed by atoms with Gasteiger partial charge in [-0.1, -0.05) is 11.8 Å². The highest BCUT2D eigenvalue weighted by Gasteiger charge is 2.17. The Morgan fingerprint density at radius 3 is 2.53 bits per heavy atom. The summed E-state index contributed by atoms with van der Waals surface area (Å²) in [6, 6.07) is 1.85. The molecule has 1 heterocycles. The van der Waals surface area contributed by atoms with Gasteiger partial charge in [-0.15, -0.1) is 0 Å². The number of hydrogen-bond acceptors (Lipinski definition) is 6. The summed E-state index contributed by atoms with van der Waals surface area (Å²) < 4.78 is 0. The van der Waals surface area contributed by atoms with E-state index in [1.54, 1.807) is 0 Å². The SMILES string of the molecule is CCNc1cc(NC(C)(C)CO)nc(SC)n1. The van der Waals surface area contributed by atoms with Crippen LogP contribution in [0.15, 0.2) is 11.2 Å². The summed E-state index contributed by atoms with van der Waals surface area (Å²) in [5, 5.41) is 16.3. The first-order valence-electron chi connectivity index (χ1n) is 5.56. The summed E-state index contributed by atoms with van der Waals surface area (Å²) >= 11 is 1.49. The van der Waals surface area contributed by atoms with Crippen LogP contribution in [0.4, 0.5) is 11.6 Å². The average molecular weight is 256 g/mol. The molecule has 1 aromatic rings. The molecule has 0 radical (unpaired) electrons. The zero-order chi connectivity index (χ0) is 12.9. The minimum Gasteiger partial charge on any atom is -0.394 e. The van der Waals surface area contributed by atoms with E-state index in [1.165, 1.54) is 11.8 Å². The van der Waals surface area contributed by atoms with E-state index in [-0.39, 0.29) is 6.61 Å². The average Bonchev–Trinajstić information content (AvgIpc) is 2.28. The molecule has 1 rings (SSSR count). The van der Waals surface area contributed by atoms with Crippen molar-refractivity contribution < 1.29 is 5.11 Å². The van der Waals surface area contributed by atoms with E-state index in [2.05, 4.69) is 20.6 Å². The lowest BCUT2D eigenvalue weighted by Crippen LogP contribution is -2.35. The highest BCUT2D eigenvalue weighted by Crippen LogP contribution is 2.19. The number of nitrogens with one attached hydrogen (secondary N) is 2. The van der Waals surface area contributed by atoms with Crippen molar-refractivity contribution in [2.24, 2.45) is 0 Å². The minimum absolute atomic E-state index is 0.0438. The third-order valence-electron chi connectivity index (χ3n) is 2.11. The van der Waals surface area contributed by atoms with Gasteiger partial charge in [0.15, 0.2) is 5.16 Å². The number of aliphatic hydroxyl groups is 1. The Kier molecular flexibility index (Phi) is 5.02. The number of aromatic nitrogens is 2. The number of hydrogen-bond donors (Lipinski definition) is 3. The quantitative estimate of drug-likeness (QED) is 0.533. The maximum atomic E-state index is 9.23. The van der Waals surface area contributed by atoms with Gasteiger partial charge in [-0.3, -0.25) is 0 Å². The highest BCUT2D eigenvalue weighted by atomic mass is 32.2. The van der Waals surface area contributed by atoms with Crippen LogP contribution in [0.25, 0.3) is 0 Å². The summed E-state index contributed by atoms with van der Waals surface area (Å²) in [5.74, 6) is 1.52. The number of anilines is 2. The van der Waals surface area contributed by atoms with Crippen LogP contribution in [-0.2, 0) is 0 Å². The van der Waals surface area contributed by atoms with Gasteiger partial charge in [-0.05, 0) is 27.0 Å². The predicted molar refractivity (Wildman–Crippen MR) is 72.8 cm³/mol. The van der Waals surface area contributed by atoms with Crippen LogP contribution in [0.2, 0.25) is 0 Å². The van der Waals surface area contributed by atoms with Crippen LogP contribution in [0.1, 0.15) is 20.8 Å². The molecule has 17 heavy (non-hydrogen) atoms. The van der Waals surface area contributed by atoms with Crippen LogP contribution < -0.4 is 10.6 Å². The monoisotopic (exact) mass is 256 g/mol. The molecule has 0 saturated heterocycles. The fourth-order valence-corrected chi connectivity index (χ4v) is 1.62. The van der Waals surface area contributed by atoms with Gasteiger partial charge >= 0.3 is 0 Å².